The van der Waals surface area contributed by atoms with E-state index in [1.54, 1.807) is 6.92 Å². The zero-order chi connectivity index (χ0) is 16.2. The number of benzene rings is 1. The highest BCUT2D eigenvalue weighted by molar-refractivity contribution is 5.81. The molecule has 22 heavy (non-hydrogen) atoms. The predicted octanol–water partition coefficient (Wildman–Crippen LogP) is 2.20. The van der Waals surface area contributed by atoms with Crippen molar-refractivity contribution >= 4 is 5.97 Å². The molecule has 2 aliphatic heterocycles. The van der Waals surface area contributed by atoms with Crippen LogP contribution in [0.3, 0.4) is 0 Å². The first-order valence-corrected chi connectivity index (χ1v) is 7.51. The van der Waals surface area contributed by atoms with Gasteiger partial charge in [-0.1, -0.05) is 0 Å². The van der Waals surface area contributed by atoms with E-state index in [2.05, 4.69) is 0 Å². The average Bonchev–Trinajstić information content (AvgIpc) is 3.34. The highest BCUT2D eigenvalue weighted by Crippen LogP contribution is 2.48. The molecule has 0 saturated carbocycles. The van der Waals surface area contributed by atoms with Gasteiger partial charge in [0.15, 0.2) is 0 Å². The normalized spacial score (nSPS) is 29.5. The van der Waals surface area contributed by atoms with Crippen LogP contribution in [0.25, 0.3) is 0 Å². The summed E-state index contributed by atoms with van der Waals surface area (Å²) in [5.41, 5.74) is 2.36. The smallest absolute Gasteiger partial charge is 0.350 e. The summed E-state index contributed by atoms with van der Waals surface area (Å²) >= 11 is 0. The molecule has 1 saturated heterocycles. The zero-order valence-corrected chi connectivity index (χ0v) is 13.6. The van der Waals surface area contributed by atoms with Crippen molar-refractivity contribution in [2.75, 3.05) is 13.7 Å². The van der Waals surface area contributed by atoms with Gasteiger partial charge >= 0.3 is 5.97 Å². The van der Waals surface area contributed by atoms with E-state index in [1.165, 1.54) is 7.11 Å². The molecule has 120 valence electrons. The van der Waals surface area contributed by atoms with Gasteiger partial charge in [0.2, 0.25) is 5.60 Å². The summed E-state index contributed by atoms with van der Waals surface area (Å²) in [6.45, 7) is 8.04. The molecule has 0 amide bonds. The number of phenols is 1. The van der Waals surface area contributed by atoms with Gasteiger partial charge in [0.25, 0.3) is 0 Å². The number of aromatic hydroxyl groups is 1. The Balaban J connectivity index is 2.16. The number of fused-ring (bicyclic) bond motifs is 1. The molecular weight excluding hydrogens is 284 g/mol. The van der Waals surface area contributed by atoms with Gasteiger partial charge < -0.3 is 19.3 Å². The number of phenolic OH excluding ortho intramolecular Hbond substituents is 1. The molecule has 0 aromatic heterocycles. The molecule has 2 aliphatic rings. The minimum atomic E-state index is -1.07. The van der Waals surface area contributed by atoms with Gasteiger partial charge in [0.1, 0.15) is 11.5 Å². The number of hydrogen-bond donors (Lipinski definition) is 1. The summed E-state index contributed by atoms with van der Waals surface area (Å²) in [6.07, 6.45) is 0.631. The maximum atomic E-state index is 12.3. The standard InChI is InChI=1S/C17H22O5/c1-8-9(2)15-11(10(3)14(8)18)6-12(13-7-21-13)17(4,22-15)16(19)20-5/h12-13,18H,6-7H2,1-5H3/t12?,13-,17?/m0/s1. The van der Waals surface area contributed by atoms with Crippen LogP contribution in [0.2, 0.25) is 0 Å². The van der Waals surface area contributed by atoms with Crippen molar-refractivity contribution in [3.63, 3.8) is 0 Å². The Labute approximate surface area is 130 Å². The molecule has 0 aliphatic carbocycles. The van der Waals surface area contributed by atoms with Crippen molar-refractivity contribution in [1.82, 2.24) is 0 Å². The molecule has 1 aromatic carbocycles. The molecule has 0 spiro atoms. The minimum Gasteiger partial charge on any atom is -0.507 e. The van der Waals surface area contributed by atoms with Crippen LogP contribution < -0.4 is 4.74 Å². The second-order valence-electron chi connectivity index (χ2n) is 6.41. The number of carbonyl (C=O) groups is 1. The number of hydrogen-bond acceptors (Lipinski definition) is 5. The lowest BCUT2D eigenvalue weighted by Gasteiger charge is -2.41. The molecule has 5 heteroatoms. The third kappa shape index (κ3) is 1.99. The third-order valence-corrected chi connectivity index (χ3v) is 5.18. The van der Waals surface area contributed by atoms with Gasteiger partial charge in [0, 0.05) is 11.5 Å². The van der Waals surface area contributed by atoms with E-state index in [0.717, 1.165) is 22.3 Å². The number of ether oxygens (including phenoxy) is 3. The molecule has 1 fully saturated rings. The first kappa shape index (κ1) is 15.2. The maximum Gasteiger partial charge on any atom is 0.350 e. The molecule has 1 N–H and O–H groups in total. The highest BCUT2D eigenvalue weighted by atomic mass is 16.6. The van der Waals surface area contributed by atoms with E-state index >= 15 is 0 Å². The molecule has 3 rings (SSSR count). The highest BCUT2D eigenvalue weighted by Gasteiger charge is 2.55. The van der Waals surface area contributed by atoms with E-state index in [-0.39, 0.29) is 18.0 Å². The molecule has 2 heterocycles. The van der Waals surface area contributed by atoms with E-state index < -0.39 is 5.60 Å². The van der Waals surface area contributed by atoms with Crippen LogP contribution in [-0.2, 0) is 20.7 Å². The van der Waals surface area contributed by atoms with Gasteiger partial charge in [-0.15, -0.1) is 0 Å². The molecule has 3 atom stereocenters. The van der Waals surface area contributed by atoms with Crippen molar-refractivity contribution in [2.45, 2.75) is 45.8 Å². The van der Waals surface area contributed by atoms with Crippen LogP contribution in [0.1, 0.15) is 29.2 Å². The SMILES string of the molecule is COC(=O)C1(C)Oc2c(C)c(C)c(O)c(C)c2CC1[C@@H]1CO1. The second kappa shape index (κ2) is 4.88. The van der Waals surface area contributed by atoms with Crippen LogP contribution in [0.5, 0.6) is 11.5 Å². The summed E-state index contributed by atoms with van der Waals surface area (Å²) < 4.78 is 16.6. The lowest BCUT2D eigenvalue weighted by molar-refractivity contribution is -0.165. The summed E-state index contributed by atoms with van der Waals surface area (Å²) in [5.74, 6) is 0.490. The molecule has 0 bridgehead atoms. The Hall–Kier alpha value is -1.75. The molecular formula is C17H22O5. The van der Waals surface area contributed by atoms with Crippen LogP contribution >= 0.6 is 0 Å². The first-order chi connectivity index (χ1) is 10.3. The lowest BCUT2D eigenvalue weighted by Crippen LogP contribution is -2.54. The maximum absolute atomic E-state index is 12.3. The predicted molar refractivity (Wildman–Crippen MR) is 80.3 cm³/mol. The van der Waals surface area contributed by atoms with Crippen molar-refractivity contribution in [3.05, 3.63) is 22.3 Å². The van der Waals surface area contributed by atoms with Gasteiger partial charge in [0.05, 0.1) is 19.8 Å². The van der Waals surface area contributed by atoms with Crippen molar-refractivity contribution in [3.8, 4) is 11.5 Å². The van der Waals surface area contributed by atoms with Crippen LogP contribution in [-0.4, -0.2) is 36.5 Å². The first-order valence-electron chi connectivity index (χ1n) is 7.51. The van der Waals surface area contributed by atoms with Crippen LogP contribution in [0.15, 0.2) is 0 Å². The lowest BCUT2D eigenvalue weighted by atomic mass is 9.77. The zero-order valence-electron chi connectivity index (χ0n) is 13.6. The fourth-order valence-electron chi connectivity index (χ4n) is 3.42. The summed E-state index contributed by atoms with van der Waals surface area (Å²) in [4.78, 5) is 12.3. The third-order valence-electron chi connectivity index (χ3n) is 5.18. The molecule has 5 nitrogen and oxygen atoms in total. The Morgan fingerprint density at radius 3 is 2.45 bits per heavy atom. The molecule has 0 radical (unpaired) electrons. The second-order valence-corrected chi connectivity index (χ2v) is 6.41. The van der Waals surface area contributed by atoms with Crippen LogP contribution in [0, 0.1) is 26.7 Å². The Kier molecular flexibility index (Phi) is 3.36. The summed E-state index contributed by atoms with van der Waals surface area (Å²) in [5, 5.41) is 10.3. The minimum absolute atomic E-state index is 0.000372. The Bertz CT molecular complexity index is 647. The summed E-state index contributed by atoms with van der Waals surface area (Å²) in [7, 11) is 1.37. The van der Waals surface area contributed by atoms with Gasteiger partial charge in [-0.05, 0) is 50.8 Å². The quantitative estimate of drug-likeness (QED) is 0.670. The fourth-order valence-corrected chi connectivity index (χ4v) is 3.42. The Morgan fingerprint density at radius 1 is 1.27 bits per heavy atom. The fraction of sp³-hybridized carbons (Fsp3) is 0.588. The average molecular weight is 306 g/mol. The van der Waals surface area contributed by atoms with Crippen molar-refractivity contribution in [1.29, 1.82) is 0 Å². The number of methoxy groups -OCH3 is 1. The number of esters is 1. The summed E-state index contributed by atoms with van der Waals surface area (Å²) in [6, 6.07) is 0. The molecule has 2 unspecified atom stereocenters. The Morgan fingerprint density at radius 2 is 1.91 bits per heavy atom. The van der Waals surface area contributed by atoms with E-state index in [4.69, 9.17) is 14.2 Å². The number of carbonyl (C=O) groups excluding carboxylic acids is 1. The number of epoxide rings is 1. The van der Waals surface area contributed by atoms with Gasteiger partial charge in [-0.25, -0.2) is 4.79 Å². The van der Waals surface area contributed by atoms with Gasteiger partial charge in [-0.2, -0.15) is 0 Å². The van der Waals surface area contributed by atoms with E-state index in [9.17, 15) is 9.90 Å². The molecule has 1 aromatic rings. The van der Waals surface area contributed by atoms with E-state index in [1.807, 2.05) is 20.8 Å². The van der Waals surface area contributed by atoms with Crippen LogP contribution in [0.4, 0.5) is 0 Å². The van der Waals surface area contributed by atoms with Gasteiger partial charge in [-0.3, -0.25) is 0 Å². The monoisotopic (exact) mass is 306 g/mol. The van der Waals surface area contributed by atoms with Crippen molar-refractivity contribution < 1.29 is 24.1 Å². The van der Waals surface area contributed by atoms with Crippen molar-refractivity contribution in [2.24, 2.45) is 5.92 Å². The topological polar surface area (TPSA) is 68.3 Å². The largest absolute Gasteiger partial charge is 0.507 e. The number of rotatable bonds is 2. The van der Waals surface area contributed by atoms with E-state index in [0.29, 0.717) is 24.5 Å².